The van der Waals surface area contributed by atoms with Crippen LogP contribution in [0.4, 0.5) is 0 Å². The van der Waals surface area contributed by atoms with Crippen LogP contribution in [0.25, 0.3) is 0 Å². The summed E-state index contributed by atoms with van der Waals surface area (Å²) >= 11 is 0. The second kappa shape index (κ2) is 8.29. The third kappa shape index (κ3) is 5.45. The van der Waals surface area contributed by atoms with E-state index in [0.29, 0.717) is 6.04 Å². The lowest BCUT2D eigenvalue weighted by Gasteiger charge is -2.25. The molecule has 0 heterocycles. The van der Waals surface area contributed by atoms with Gasteiger partial charge in [0.15, 0.2) is 5.96 Å². The fourth-order valence-electron chi connectivity index (χ4n) is 2.55. The predicted octanol–water partition coefficient (Wildman–Crippen LogP) is 2.26. The molecule has 0 aromatic rings. The van der Waals surface area contributed by atoms with Gasteiger partial charge in [-0.3, -0.25) is 4.99 Å². The monoisotopic (exact) mass is 381 g/mol. The molecule has 0 aliphatic heterocycles. The summed E-state index contributed by atoms with van der Waals surface area (Å²) in [5, 5.41) is 16.2. The Bertz CT molecular complexity index is 286. The molecule has 2 aliphatic rings. The van der Waals surface area contributed by atoms with Crippen molar-refractivity contribution in [2.75, 3.05) is 19.7 Å². The summed E-state index contributed by atoms with van der Waals surface area (Å²) in [4.78, 5) is 4.65. The van der Waals surface area contributed by atoms with Crippen LogP contribution in [0, 0.1) is 5.41 Å². The zero-order valence-corrected chi connectivity index (χ0v) is 14.3. The summed E-state index contributed by atoms with van der Waals surface area (Å²) in [6, 6.07) is 0.584. The first kappa shape index (κ1) is 17.0. The highest BCUT2D eigenvalue weighted by Gasteiger charge is 2.41. The van der Waals surface area contributed by atoms with Crippen molar-refractivity contribution in [3.63, 3.8) is 0 Å². The fourth-order valence-corrected chi connectivity index (χ4v) is 2.55. The van der Waals surface area contributed by atoms with Gasteiger partial charge >= 0.3 is 0 Å². The summed E-state index contributed by atoms with van der Waals surface area (Å²) in [6.45, 7) is 4.02. The normalized spacial score (nSPS) is 22.5. The van der Waals surface area contributed by atoms with Crippen LogP contribution >= 0.6 is 24.0 Å². The number of hydrogen-bond donors (Lipinski definition) is 3. The topological polar surface area (TPSA) is 56.7 Å². The number of halogens is 1. The predicted molar refractivity (Wildman–Crippen MR) is 90.2 cm³/mol. The number of guanidine groups is 1. The summed E-state index contributed by atoms with van der Waals surface area (Å²) < 4.78 is 0. The summed E-state index contributed by atoms with van der Waals surface area (Å²) in [7, 11) is 0. The van der Waals surface area contributed by atoms with Crippen LogP contribution in [0.2, 0.25) is 0 Å². The highest BCUT2D eigenvalue weighted by atomic mass is 127. The Morgan fingerprint density at radius 1 is 1.26 bits per heavy atom. The van der Waals surface area contributed by atoms with Crippen molar-refractivity contribution in [2.24, 2.45) is 10.4 Å². The van der Waals surface area contributed by atoms with E-state index < -0.39 is 0 Å². The smallest absolute Gasteiger partial charge is 0.191 e. The van der Waals surface area contributed by atoms with Crippen LogP contribution in [0.5, 0.6) is 0 Å². The third-order valence-electron chi connectivity index (χ3n) is 4.16. The largest absolute Gasteiger partial charge is 0.396 e. The van der Waals surface area contributed by atoms with Gasteiger partial charge in [0, 0.05) is 18.0 Å². The van der Waals surface area contributed by atoms with E-state index in [1.54, 1.807) is 0 Å². The van der Waals surface area contributed by atoms with Crippen LogP contribution in [-0.2, 0) is 0 Å². The number of nitrogens with one attached hydrogen (secondary N) is 2. The summed E-state index contributed by atoms with van der Waals surface area (Å²) in [5.74, 6) is 0.934. The summed E-state index contributed by atoms with van der Waals surface area (Å²) in [5.41, 5.74) is 0.106. The number of nitrogens with zero attached hydrogens (tertiary/aromatic N) is 1. The zero-order chi connectivity index (χ0) is 12.8. The van der Waals surface area contributed by atoms with E-state index in [1.165, 1.54) is 32.1 Å². The van der Waals surface area contributed by atoms with Gasteiger partial charge in [0.2, 0.25) is 0 Å². The van der Waals surface area contributed by atoms with Crippen LogP contribution in [0.1, 0.15) is 51.9 Å². The lowest BCUT2D eigenvalue weighted by Crippen LogP contribution is -2.44. The molecular weight excluding hydrogens is 353 g/mol. The minimum atomic E-state index is 0. The fraction of sp³-hybridized carbons (Fsp3) is 0.929. The van der Waals surface area contributed by atoms with Crippen molar-refractivity contribution < 1.29 is 5.11 Å². The van der Waals surface area contributed by atoms with Gasteiger partial charge in [-0.1, -0.05) is 19.3 Å². The van der Waals surface area contributed by atoms with E-state index in [2.05, 4.69) is 22.5 Å². The Hall–Kier alpha value is -0.0400. The molecule has 2 saturated carbocycles. The van der Waals surface area contributed by atoms with E-state index in [4.69, 9.17) is 0 Å². The first-order valence-corrected chi connectivity index (χ1v) is 7.44. The molecule has 5 heteroatoms. The standard InChI is InChI=1S/C14H27N3O.HI/c1-2-15-13(16-10-14(11-18)8-9-14)17-12-6-4-3-5-7-12;/h12,18H,2-11H2,1H3,(H2,15,16,17);1H. The number of rotatable bonds is 5. The Morgan fingerprint density at radius 2 is 1.95 bits per heavy atom. The molecule has 0 bridgehead atoms. The maximum Gasteiger partial charge on any atom is 0.191 e. The van der Waals surface area contributed by atoms with E-state index in [1.807, 2.05) is 0 Å². The van der Waals surface area contributed by atoms with Crippen molar-refractivity contribution in [3.8, 4) is 0 Å². The maximum atomic E-state index is 9.31. The van der Waals surface area contributed by atoms with Crippen LogP contribution in [-0.4, -0.2) is 36.8 Å². The van der Waals surface area contributed by atoms with E-state index in [-0.39, 0.29) is 36.0 Å². The number of hydrogen-bond acceptors (Lipinski definition) is 2. The number of aliphatic hydroxyl groups excluding tert-OH is 1. The molecular formula is C14H28IN3O. The minimum Gasteiger partial charge on any atom is -0.396 e. The molecule has 0 atom stereocenters. The van der Waals surface area contributed by atoms with Crippen molar-refractivity contribution in [2.45, 2.75) is 57.9 Å². The van der Waals surface area contributed by atoms with Crippen molar-refractivity contribution >= 4 is 29.9 Å². The van der Waals surface area contributed by atoms with E-state index >= 15 is 0 Å². The molecule has 3 N–H and O–H groups in total. The van der Waals surface area contributed by atoms with Gasteiger partial charge < -0.3 is 15.7 Å². The minimum absolute atomic E-state index is 0. The van der Waals surface area contributed by atoms with Gasteiger partial charge in [0.25, 0.3) is 0 Å². The molecule has 4 nitrogen and oxygen atoms in total. The van der Waals surface area contributed by atoms with Crippen molar-refractivity contribution in [1.29, 1.82) is 0 Å². The van der Waals surface area contributed by atoms with Gasteiger partial charge in [-0.2, -0.15) is 0 Å². The van der Waals surface area contributed by atoms with E-state index in [9.17, 15) is 5.11 Å². The number of aliphatic imine (C=N–C) groups is 1. The average molecular weight is 381 g/mol. The lowest BCUT2D eigenvalue weighted by molar-refractivity contribution is 0.216. The SMILES string of the molecule is CCNC(=NCC1(CO)CC1)NC1CCCCC1.I. The van der Waals surface area contributed by atoms with Gasteiger partial charge in [0.1, 0.15) is 0 Å². The van der Waals surface area contributed by atoms with Crippen molar-refractivity contribution in [1.82, 2.24) is 10.6 Å². The highest BCUT2D eigenvalue weighted by Crippen LogP contribution is 2.45. The molecule has 0 aromatic heterocycles. The Kier molecular flexibility index (Phi) is 7.42. The molecule has 2 fully saturated rings. The van der Waals surface area contributed by atoms with Gasteiger partial charge in [0.05, 0.1) is 13.2 Å². The Balaban J connectivity index is 0.00000180. The number of aliphatic hydroxyl groups is 1. The molecule has 19 heavy (non-hydrogen) atoms. The lowest BCUT2D eigenvalue weighted by atomic mass is 9.96. The molecule has 0 aromatic carbocycles. The van der Waals surface area contributed by atoms with Crippen LogP contribution < -0.4 is 10.6 Å². The molecule has 112 valence electrons. The van der Waals surface area contributed by atoms with Crippen LogP contribution in [0.3, 0.4) is 0 Å². The molecule has 0 spiro atoms. The molecule has 2 aliphatic carbocycles. The van der Waals surface area contributed by atoms with E-state index in [0.717, 1.165) is 31.9 Å². The first-order chi connectivity index (χ1) is 8.78. The first-order valence-electron chi connectivity index (χ1n) is 7.44. The second-order valence-electron chi connectivity index (χ2n) is 5.83. The maximum absolute atomic E-state index is 9.31. The van der Waals surface area contributed by atoms with Gasteiger partial charge in [-0.15, -0.1) is 24.0 Å². The molecule has 2 rings (SSSR count). The molecule has 0 unspecified atom stereocenters. The Labute approximate surface area is 133 Å². The Morgan fingerprint density at radius 3 is 2.47 bits per heavy atom. The zero-order valence-electron chi connectivity index (χ0n) is 12.0. The molecule has 0 amide bonds. The van der Waals surface area contributed by atoms with Crippen LogP contribution in [0.15, 0.2) is 4.99 Å². The van der Waals surface area contributed by atoms with Gasteiger partial charge in [-0.25, -0.2) is 0 Å². The summed E-state index contributed by atoms with van der Waals surface area (Å²) in [6.07, 6.45) is 8.80. The van der Waals surface area contributed by atoms with Crippen molar-refractivity contribution in [3.05, 3.63) is 0 Å². The average Bonchev–Trinajstić information content (AvgIpc) is 3.18. The molecule has 0 saturated heterocycles. The quantitative estimate of drug-likeness (QED) is 0.389. The molecule has 0 radical (unpaired) electrons. The van der Waals surface area contributed by atoms with Gasteiger partial charge in [-0.05, 0) is 32.6 Å². The third-order valence-corrected chi connectivity index (χ3v) is 4.16. The highest BCUT2D eigenvalue weighted by molar-refractivity contribution is 14.0. The second-order valence-corrected chi connectivity index (χ2v) is 5.83.